The molecular formula is C15H23N5O2S. The van der Waals surface area contributed by atoms with Gasteiger partial charge in [-0.05, 0) is 39.2 Å². The zero-order valence-electron chi connectivity index (χ0n) is 13.6. The molecule has 0 saturated carbocycles. The number of nitrogens with one attached hydrogen (secondary N) is 1. The number of amides is 2. The lowest BCUT2D eigenvalue weighted by molar-refractivity contribution is -0.130. The van der Waals surface area contributed by atoms with Gasteiger partial charge in [-0.3, -0.25) is 19.8 Å². The van der Waals surface area contributed by atoms with Crippen LogP contribution in [0.2, 0.25) is 0 Å². The Morgan fingerprint density at radius 1 is 1.22 bits per heavy atom. The molecule has 2 aliphatic heterocycles. The maximum atomic E-state index is 12.3. The normalized spacial score (nSPS) is 25.0. The molecule has 2 fully saturated rings. The molecule has 1 N–H and O–H groups in total. The van der Waals surface area contributed by atoms with Crippen LogP contribution in [-0.4, -0.2) is 63.5 Å². The van der Waals surface area contributed by atoms with E-state index in [0.29, 0.717) is 17.7 Å². The summed E-state index contributed by atoms with van der Waals surface area (Å²) >= 11 is 1.38. The number of aryl methyl sites for hydroxylation is 1. The molecule has 3 heterocycles. The van der Waals surface area contributed by atoms with Crippen LogP contribution in [-0.2, 0) is 9.59 Å². The number of rotatable bonds is 4. The number of anilines is 1. The van der Waals surface area contributed by atoms with Gasteiger partial charge < -0.3 is 4.90 Å². The van der Waals surface area contributed by atoms with Crippen LogP contribution in [0.15, 0.2) is 0 Å². The first kappa shape index (κ1) is 16.3. The highest BCUT2D eigenvalue weighted by Gasteiger charge is 2.39. The number of carbonyl (C=O) groups is 2. The van der Waals surface area contributed by atoms with Crippen LogP contribution in [0.25, 0.3) is 0 Å². The van der Waals surface area contributed by atoms with E-state index >= 15 is 0 Å². The largest absolute Gasteiger partial charge is 0.338 e. The highest BCUT2D eigenvalue weighted by molar-refractivity contribution is 7.15. The SMILES string of the molecule is CC(=O)N1CCCC1C1CCCN1CC(=O)Nc1nnc(C)s1. The zero-order chi connectivity index (χ0) is 16.4. The highest BCUT2D eigenvalue weighted by Crippen LogP contribution is 2.30. The molecule has 0 radical (unpaired) electrons. The number of likely N-dealkylation sites (tertiary alicyclic amines) is 2. The van der Waals surface area contributed by atoms with Crippen LogP contribution in [0, 0.1) is 6.92 Å². The molecule has 1 aromatic heterocycles. The Labute approximate surface area is 140 Å². The predicted molar refractivity (Wildman–Crippen MR) is 88.3 cm³/mol. The molecule has 1 aromatic rings. The molecule has 126 valence electrons. The van der Waals surface area contributed by atoms with Gasteiger partial charge >= 0.3 is 0 Å². The van der Waals surface area contributed by atoms with Crippen molar-refractivity contribution in [1.29, 1.82) is 0 Å². The second-order valence-corrected chi connectivity index (χ2v) is 7.46. The van der Waals surface area contributed by atoms with Crippen molar-refractivity contribution in [3.8, 4) is 0 Å². The third-order valence-electron chi connectivity index (χ3n) is 4.68. The number of hydrogen-bond acceptors (Lipinski definition) is 6. The minimum Gasteiger partial charge on any atom is -0.338 e. The van der Waals surface area contributed by atoms with E-state index in [-0.39, 0.29) is 17.9 Å². The van der Waals surface area contributed by atoms with Crippen LogP contribution < -0.4 is 5.32 Å². The van der Waals surface area contributed by atoms with Gasteiger partial charge in [-0.2, -0.15) is 0 Å². The second kappa shape index (κ2) is 6.92. The highest BCUT2D eigenvalue weighted by atomic mass is 32.1. The van der Waals surface area contributed by atoms with Crippen molar-refractivity contribution in [2.75, 3.05) is 25.0 Å². The summed E-state index contributed by atoms with van der Waals surface area (Å²) in [5.74, 6) is 0.0913. The maximum Gasteiger partial charge on any atom is 0.240 e. The molecule has 3 rings (SSSR count). The molecule has 2 atom stereocenters. The van der Waals surface area contributed by atoms with Crippen molar-refractivity contribution in [3.63, 3.8) is 0 Å². The summed E-state index contributed by atoms with van der Waals surface area (Å²) in [4.78, 5) is 28.3. The van der Waals surface area contributed by atoms with E-state index in [2.05, 4.69) is 20.4 Å². The molecule has 2 aliphatic rings. The Hall–Kier alpha value is -1.54. The van der Waals surface area contributed by atoms with E-state index in [4.69, 9.17) is 0 Å². The van der Waals surface area contributed by atoms with Gasteiger partial charge in [0, 0.05) is 25.6 Å². The zero-order valence-corrected chi connectivity index (χ0v) is 14.4. The summed E-state index contributed by atoms with van der Waals surface area (Å²) in [6.45, 7) is 5.62. The number of carbonyl (C=O) groups excluding carboxylic acids is 2. The molecule has 2 saturated heterocycles. The van der Waals surface area contributed by atoms with Crippen molar-refractivity contribution in [2.45, 2.75) is 51.6 Å². The molecular weight excluding hydrogens is 314 g/mol. The fourth-order valence-electron chi connectivity index (χ4n) is 3.76. The molecule has 0 spiro atoms. The topological polar surface area (TPSA) is 78.4 Å². The minimum atomic E-state index is -0.0552. The number of hydrogen-bond donors (Lipinski definition) is 1. The lowest BCUT2D eigenvalue weighted by Crippen LogP contribution is -2.49. The van der Waals surface area contributed by atoms with Gasteiger partial charge in [0.1, 0.15) is 5.01 Å². The van der Waals surface area contributed by atoms with Gasteiger partial charge in [-0.25, -0.2) is 0 Å². The van der Waals surface area contributed by atoms with Crippen molar-refractivity contribution in [1.82, 2.24) is 20.0 Å². The molecule has 2 amide bonds. The molecule has 0 aliphatic carbocycles. The lowest BCUT2D eigenvalue weighted by Gasteiger charge is -2.34. The summed E-state index contributed by atoms with van der Waals surface area (Å²) < 4.78 is 0. The molecule has 7 nitrogen and oxygen atoms in total. The van der Waals surface area contributed by atoms with Crippen molar-refractivity contribution in [3.05, 3.63) is 5.01 Å². The summed E-state index contributed by atoms with van der Waals surface area (Å²) in [6.07, 6.45) is 4.24. The quantitative estimate of drug-likeness (QED) is 0.895. The van der Waals surface area contributed by atoms with Gasteiger partial charge in [-0.15, -0.1) is 10.2 Å². The molecule has 0 bridgehead atoms. The average molecular weight is 337 g/mol. The van der Waals surface area contributed by atoms with E-state index < -0.39 is 0 Å². The van der Waals surface area contributed by atoms with Gasteiger partial charge in [0.05, 0.1) is 6.54 Å². The predicted octanol–water partition coefficient (Wildman–Crippen LogP) is 1.26. The van der Waals surface area contributed by atoms with Gasteiger partial charge in [0.15, 0.2) is 0 Å². The Kier molecular flexibility index (Phi) is 4.91. The van der Waals surface area contributed by atoms with Crippen LogP contribution >= 0.6 is 11.3 Å². The average Bonchev–Trinajstić information content (AvgIpc) is 3.18. The first-order valence-corrected chi connectivity index (χ1v) is 8.97. The standard InChI is InChI=1S/C15H23N5O2S/c1-10-17-18-15(23-10)16-14(22)9-19-7-3-5-12(19)13-6-4-8-20(13)11(2)21/h12-13H,3-9H2,1-2H3,(H,16,18,22). The Bertz CT molecular complexity index is 590. The van der Waals surface area contributed by atoms with Gasteiger partial charge in [0.25, 0.3) is 0 Å². The fourth-order valence-corrected chi connectivity index (χ4v) is 4.37. The van der Waals surface area contributed by atoms with Crippen molar-refractivity contribution in [2.24, 2.45) is 0 Å². The van der Waals surface area contributed by atoms with Crippen LogP contribution in [0.5, 0.6) is 0 Å². The number of aromatic nitrogens is 2. The maximum absolute atomic E-state index is 12.3. The first-order chi connectivity index (χ1) is 11.0. The van der Waals surface area contributed by atoms with Crippen molar-refractivity contribution < 1.29 is 9.59 Å². The molecule has 23 heavy (non-hydrogen) atoms. The third-order valence-corrected chi connectivity index (χ3v) is 5.44. The summed E-state index contributed by atoms with van der Waals surface area (Å²) in [6, 6.07) is 0.551. The van der Waals surface area contributed by atoms with E-state index in [1.54, 1.807) is 6.92 Å². The summed E-state index contributed by atoms with van der Waals surface area (Å²) in [5.41, 5.74) is 0. The molecule has 0 aromatic carbocycles. The summed E-state index contributed by atoms with van der Waals surface area (Å²) in [7, 11) is 0. The monoisotopic (exact) mass is 337 g/mol. The van der Waals surface area contributed by atoms with Crippen molar-refractivity contribution >= 4 is 28.3 Å². The summed E-state index contributed by atoms with van der Waals surface area (Å²) in [5, 5.41) is 12.0. The van der Waals surface area contributed by atoms with Gasteiger partial charge in [0.2, 0.25) is 16.9 Å². The molecule has 2 unspecified atom stereocenters. The number of nitrogens with zero attached hydrogens (tertiary/aromatic N) is 4. The van der Waals surface area contributed by atoms with E-state index in [1.807, 2.05) is 11.8 Å². The van der Waals surface area contributed by atoms with E-state index in [0.717, 1.165) is 43.8 Å². The second-order valence-electron chi connectivity index (χ2n) is 6.28. The fraction of sp³-hybridized carbons (Fsp3) is 0.733. The Morgan fingerprint density at radius 3 is 2.65 bits per heavy atom. The Morgan fingerprint density at radius 2 is 1.96 bits per heavy atom. The first-order valence-electron chi connectivity index (χ1n) is 8.16. The van der Waals surface area contributed by atoms with Crippen LogP contribution in [0.4, 0.5) is 5.13 Å². The smallest absolute Gasteiger partial charge is 0.240 e. The van der Waals surface area contributed by atoms with Crippen LogP contribution in [0.1, 0.15) is 37.6 Å². The molecule has 8 heteroatoms. The van der Waals surface area contributed by atoms with Gasteiger partial charge in [-0.1, -0.05) is 11.3 Å². The lowest BCUT2D eigenvalue weighted by atomic mass is 10.0. The Balaban J connectivity index is 1.60. The van der Waals surface area contributed by atoms with E-state index in [1.165, 1.54) is 11.3 Å². The van der Waals surface area contributed by atoms with E-state index in [9.17, 15) is 9.59 Å². The third kappa shape index (κ3) is 3.69. The minimum absolute atomic E-state index is 0.0552. The van der Waals surface area contributed by atoms with Crippen LogP contribution in [0.3, 0.4) is 0 Å².